The van der Waals surface area contributed by atoms with Gasteiger partial charge in [0, 0.05) is 11.6 Å². The molecule has 3 heteroatoms. The third-order valence-corrected chi connectivity index (χ3v) is 2.17. The minimum absolute atomic E-state index is 0.392. The number of rotatable bonds is 0. The average molecular weight is 188 g/mol. The molecule has 3 nitrogen and oxygen atoms in total. The van der Waals surface area contributed by atoms with Gasteiger partial charge < -0.3 is 4.74 Å². The van der Waals surface area contributed by atoms with Gasteiger partial charge in [0.25, 0.3) is 0 Å². The third-order valence-electron chi connectivity index (χ3n) is 2.17. The van der Waals surface area contributed by atoms with Crippen molar-refractivity contribution in [3.8, 4) is 0 Å². The molecule has 71 valence electrons. The molecule has 1 aromatic carbocycles. The lowest BCUT2D eigenvalue weighted by Crippen LogP contribution is -2.09. The van der Waals surface area contributed by atoms with Crippen molar-refractivity contribution in [3.63, 3.8) is 0 Å². The van der Waals surface area contributed by atoms with Crippen molar-refractivity contribution in [2.45, 2.75) is 0 Å². The van der Waals surface area contributed by atoms with Crippen molar-refractivity contribution in [2.75, 3.05) is 7.11 Å². The number of benzene rings is 1. The molecule has 0 unspecified atom stereocenters. The summed E-state index contributed by atoms with van der Waals surface area (Å²) in [5, 5.41) is 0.970. The largest absolute Gasteiger partial charge is 0.452 e. The van der Waals surface area contributed by atoms with E-state index in [4.69, 9.17) is 0 Å². The molecule has 0 saturated carbocycles. The first-order valence-corrected chi connectivity index (χ1v) is 4.24. The first-order chi connectivity index (χ1) is 6.74. The Balaban J connectivity index is 2.72. The highest BCUT2D eigenvalue weighted by Gasteiger charge is 2.10. The fraction of sp³-hybridized carbons (Fsp3) is 0.0909. The summed E-state index contributed by atoms with van der Waals surface area (Å²) in [7, 11) is 1.36. The zero-order chi connectivity index (χ0) is 10.1. The molecule has 2 aromatic rings. The molecule has 2 rings (SSSR count). The van der Waals surface area contributed by atoms with E-state index in [-0.39, 0.29) is 0 Å². The van der Waals surface area contributed by atoms with Crippen molar-refractivity contribution < 1.29 is 9.53 Å². The van der Waals surface area contributed by atoms with E-state index in [1.165, 1.54) is 11.7 Å². The number of aromatic nitrogens is 1. The number of fused-ring (bicyclic) bond motifs is 1. The summed E-state index contributed by atoms with van der Waals surface area (Å²) >= 11 is 0. The molecular formula is C11H10NO2. The molecular weight excluding hydrogens is 178 g/mol. The van der Waals surface area contributed by atoms with Crippen LogP contribution in [0.2, 0.25) is 0 Å². The van der Waals surface area contributed by atoms with Crippen LogP contribution in [0.25, 0.3) is 10.9 Å². The summed E-state index contributed by atoms with van der Waals surface area (Å²) in [5.41, 5.74) is 1.65. The van der Waals surface area contributed by atoms with Gasteiger partial charge in [-0.1, -0.05) is 18.2 Å². The zero-order valence-electron chi connectivity index (χ0n) is 7.86. The molecule has 1 radical (unpaired) electrons. The molecule has 0 amide bonds. The smallest absolute Gasteiger partial charge is 0.418 e. The van der Waals surface area contributed by atoms with Crippen molar-refractivity contribution in [3.05, 3.63) is 42.9 Å². The topological polar surface area (TPSA) is 31.2 Å². The maximum Gasteiger partial charge on any atom is 0.418 e. The summed E-state index contributed by atoms with van der Waals surface area (Å²) < 4.78 is 6.11. The maximum atomic E-state index is 11.4. The molecule has 0 atom stereocenters. The number of methoxy groups -OCH3 is 1. The van der Waals surface area contributed by atoms with Gasteiger partial charge in [-0.3, -0.25) is 4.57 Å². The Hall–Kier alpha value is -1.77. The van der Waals surface area contributed by atoms with E-state index in [1.54, 1.807) is 6.20 Å². The van der Waals surface area contributed by atoms with Crippen molar-refractivity contribution in [2.24, 2.45) is 0 Å². The molecule has 1 heterocycles. The van der Waals surface area contributed by atoms with Crippen molar-refractivity contribution >= 4 is 17.0 Å². The summed E-state index contributed by atoms with van der Waals surface area (Å²) in [6.45, 7) is 3.86. The standard InChI is InChI=1S/C11H10NO2/c1-8-7-12(11(13)14-2)10-6-4-3-5-9(8)10/h3-7H,1H2,2H3. The highest BCUT2D eigenvalue weighted by Crippen LogP contribution is 2.20. The van der Waals surface area contributed by atoms with Gasteiger partial charge in [-0.2, -0.15) is 0 Å². The lowest BCUT2D eigenvalue weighted by Gasteiger charge is -2.00. The second-order valence-corrected chi connectivity index (χ2v) is 3.01. The normalized spacial score (nSPS) is 10.4. The minimum Gasteiger partial charge on any atom is -0.452 e. The SMILES string of the molecule is [CH2]c1cn(C(=O)OC)c2ccccc12. The van der Waals surface area contributed by atoms with Gasteiger partial charge >= 0.3 is 6.09 Å². The van der Waals surface area contributed by atoms with Crippen LogP contribution in [0.15, 0.2) is 30.5 Å². The van der Waals surface area contributed by atoms with Gasteiger partial charge in [0.15, 0.2) is 0 Å². The molecule has 0 N–H and O–H groups in total. The Bertz CT molecular complexity index is 485. The summed E-state index contributed by atoms with van der Waals surface area (Å²) in [6, 6.07) is 7.58. The molecule has 1 aromatic heterocycles. The Kier molecular flexibility index (Phi) is 2.00. The highest BCUT2D eigenvalue weighted by molar-refractivity contribution is 5.92. The van der Waals surface area contributed by atoms with E-state index in [0.717, 1.165) is 16.5 Å². The minimum atomic E-state index is -0.392. The van der Waals surface area contributed by atoms with Crippen LogP contribution in [0, 0.1) is 6.92 Å². The van der Waals surface area contributed by atoms with E-state index in [9.17, 15) is 4.79 Å². The number of hydrogen-bond acceptors (Lipinski definition) is 2. The maximum absolute atomic E-state index is 11.4. The Morgan fingerprint density at radius 2 is 2.14 bits per heavy atom. The average Bonchev–Trinajstić information content (AvgIpc) is 2.56. The predicted molar refractivity (Wildman–Crippen MR) is 54.2 cm³/mol. The number of ether oxygens (including phenoxy) is 1. The number of carbonyl (C=O) groups excluding carboxylic acids is 1. The van der Waals surface area contributed by atoms with Crippen molar-refractivity contribution in [1.29, 1.82) is 0 Å². The van der Waals surface area contributed by atoms with Gasteiger partial charge in [-0.25, -0.2) is 4.79 Å². The highest BCUT2D eigenvalue weighted by atomic mass is 16.5. The Labute approximate surface area is 81.9 Å². The van der Waals surface area contributed by atoms with E-state index >= 15 is 0 Å². The molecule has 0 bridgehead atoms. The van der Waals surface area contributed by atoms with Crippen LogP contribution < -0.4 is 0 Å². The predicted octanol–water partition coefficient (Wildman–Crippen LogP) is 2.44. The quantitative estimate of drug-likeness (QED) is 0.635. The van der Waals surface area contributed by atoms with Crippen LogP contribution >= 0.6 is 0 Å². The first kappa shape index (κ1) is 8.81. The van der Waals surface area contributed by atoms with Gasteiger partial charge in [0.1, 0.15) is 0 Å². The van der Waals surface area contributed by atoms with E-state index in [2.05, 4.69) is 11.7 Å². The lowest BCUT2D eigenvalue weighted by molar-refractivity contribution is 0.174. The van der Waals surface area contributed by atoms with Crippen LogP contribution in [0.3, 0.4) is 0 Å². The van der Waals surface area contributed by atoms with Crippen molar-refractivity contribution in [1.82, 2.24) is 4.57 Å². The van der Waals surface area contributed by atoms with Crippen LogP contribution in [-0.4, -0.2) is 17.8 Å². The first-order valence-electron chi connectivity index (χ1n) is 4.24. The van der Waals surface area contributed by atoms with Gasteiger partial charge in [0.05, 0.1) is 12.6 Å². The van der Waals surface area contributed by atoms with Crippen LogP contribution in [0.5, 0.6) is 0 Å². The number of hydrogen-bond donors (Lipinski definition) is 0. The summed E-state index contributed by atoms with van der Waals surface area (Å²) in [4.78, 5) is 11.4. The van der Waals surface area contributed by atoms with Gasteiger partial charge in [-0.05, 0) is 18.6 Å². The van der Waals surface area contributed by atoms with Crippen LogP contribution in [-0.2, 0) is 4.74 Å². The number of carbonyl (C=O) groups is 1. The summed E-state index contributed by atoms with van der Waals surface area (Å²) in [5.74, 6) is 0. The second-order valence-electron chi connectivity index (χ2n) is 3.01. The third kappa shape index (κ3) is 1.18. The van der Waals surface area contributed by atoms with E-state index in [0.29, 0.717) is 0 Å². The zero-order valence-corrected chi connectivity index (χ0v) is 7.86. The monoisotopic (exact) mass is 188 g/mol. The number of para-hydroxylation sites is 1. The van der Waals surface area contributed by atoms with Crippen LogP contribution in [0.1, 0.15) is 5.56 Å². The van der Waals surface area contributed by atoms with E-state index < -0.39 is 6.09 Å². The van der Waals surface area contributed by atoms with Gasteiger partial charge in [-0.15, -0.1) is 0 Å². The summed E-state index contributed by atoms with van der Waals surface area (Å²) in [6.07, 6.45) is 1.28. The van der Waals surface area contributed by atoms with E-state index in [1.807, 2.05) is 24.3 Å². The molecule has 0 fully saturated rings. The molecule has 0 spiro atoms. The molecule has 0 aliphatic rings. The van der Waals surface area contributed by atoms with Gasteiger partial charge in [0.2, 0.25) is 0 Å². The fourth-order valence-electron chi connectivity index (χ4n) is 1.50. The molecule has 14 heavy (non-hydrogen) atoms. The number of nitrogens with zero attached hydrogens (tertiary/aromatic N) is 1. The molecule has 0 aliphatic heterocycles. The fourth-order valence-corrected chi connectivity index (χ4v) is 1.50. The Morgan fingerprint density at radius 1 is 1.43 bits per heavy atom. The Morgan fingerprint density at radius 3 is 2.86 bits per heavy atom. The molecule has 0 aliphatic carbocycles. The van der Waals surface area contributed by atoms with Crippen LogP contribution in [0.4, 0.5) is 4.79 Å². The molecule has 0 saturated heterocycles. The lowest BCUT2D eigenvalue weighted by atomic mass is 10.2. The second kappa shape index (κ2) is 3.18.